The van der Waals surface area contributed by atoms with Crippen molar-refractivity contribution in [3.8, 4) is 23.1 Å². The van der Waals surface area contributed by atoms with Gasteiger partial charge in [0.1, 0.15) is 11.4 Å². The van der Waals surface area contributed by atoms with Crippen molar-refractivity contribution in [2.75, 3.05) is 6.54 Å². The number of aromatic nitrogens is 3. The van der Waals surface area contributed by atoms with E-state index in [9.17, 15) is 4.79 Å². The number of hydrogen-bond donors (Lipinski definition) is 1. The summed E-state index contributed by atoms with van der Waals surface area (Å²) in [5.41, 5.74) is 7.78. The highest BCUT2D eigenvalue weighted by Gasteiger charge is 2.30. The van der Waals surface area contributed by atoms with Crippen molar-refractivity contribution in [1.29, 1.82) is 0 Å². The largest absolute Gasteiger partial charge is 0.349 e. The Morgan fingerprint density at radius 3 is 2.85 bits per heavy atom. The van der Waals surface area contributed by atoms with Crippen LogP contribution in [0.3, 0.4) is 0 Å². The van der Waals surface area contributed by atoms with Gasteiger partial charge in [-0.3, -0.25) is 9.48 Å². The highest BCUT2D eigenvalue weighted by atomic mass is 16.2. The number of benzene rings is 1. The van der Waals surface area contributed by atoms with Gasteiger partial charge in [0.2, 0.25) is 0 Å². The molecule has 0 saturated heterocycles. The van der Waals surface area contributed by atoms with E-state index in [1.165, 1.54) is 11.1 Å². The van der Waals surface area contributed by atoms with E-state index in [0.717, 1.165) is 40.9 Å². The Bertz CT molecular complexity index is 1130. The number of pyridine rings is 1. The average molecular weight is 354 g/mol. The predicted molar refractivity (Wildman–Crippen MR) is 102 cm³/mol. The van der Waals surface area contributed by atoms with E-state index < -0.39 is 0 Å². The van der Waals surface area contributed by atoms with Crippen LogP contribution >= 0.6 is 0 Å². The Balaban J connectivity index is 1.56. The van der Waals surface area contributed by atoms with Gasteiger partial charge in [-0.15, -0.1) is 0 Å². The number of hydrogen-bond acceptors (Lipinski definition) is 3. The molecule has 0 unspecified atom stereocenters. The van der Waals surface area contributed by atoms with Crippen LogP contribution in [0.25, 0.3) is 11.3 Å². The molecule has 132 valence electrons. The molecule has 27 heavy (non-hydrogen) atoms. The van der Waals surface area contributed by atoms with E-state index in [0.29, 0.717) is 18.8 Å². The summed E-state index contributed by atoms with van der Waals surface area (Å²) in [5.74, 6) is 6.31. The Labute approximate surface area is 157 Å². The number of rotatable bonds is 0. The summed E-state index contributed by atoms with van der Waals surface area (Å²) in [6.45, 7) is 3.40. The smallest absolute Gasteiger partial charge is 0.269 e. The van der Waals surface area contributed by atoms with E-state index >= 15 is 0 Å². The maximum atomic E-state index is 12.3. The molecule has 0 spiro atoms. The molecule has 1 aliphatic heterocycles. The number of fused-ring (bicyclic) bond motifs is 5. The van der Waals surface area contributed by atoms with Crippen molar-refractivity contribution in [1.82, 2.24) is 20.1 Å². The van der Waals surface area contributed by atoms with E-state index in [2.05, 4.69) is 41.2 Å². The molecule has 5 nitrogen and oxygen atoms in total. The second-order valence-electron chi connectivity index (χ2n) is 7.00. The Hall–Kier alpha value is -3.39. The van der Waals surface area contributed by atoms with Crippen molar-refractivity contribution >= 4 is 5.91 Å². The van der Waals surface area contributed by atoms with Crippen LogP contribution in [0.1, 0.15) is 38.4 Å². The van der Waals surface area contributed by atoms with Gasteiger partial charge in [0.15, 0.2) is 0 Å². The molecule has 1 N–H and O–H groups in total. The lowest BCUT2D eigenvalue weighted by Gasteiger charge is -2.17. The fourth-order valence-electron chi connectivity index (χ4n) is 3.73. The van der Waals surface area contributed by atoms with Crippen LogP contribution in [0, 0.1) is 18.8 Å². The summed E-state index contributed by atoms with van der Waals surface area (Å²) in [6.07, 6.45) is 3.59. The summed E-state index contributed by atoms with van der Waals surface area (Å²) in [7, 11) is 0. The number of carbonyl (C=O) groups excluding carboxylic acids is 1. The number of nitrogens with zero attached hydrogens (tertiary/aromatic N) is 3. The fourth-order valence-corrected chi connectivity index (χ4v) is 3.73. The molecule has 5 rings (SSSR count). The topological polar surface area (TPSA) is 59.8 Å². The zero-order valence-electron chi connectivity index (χ0n) is 15.0. The standard InChI is InChI=1S/C22H18N4O/c1-14-2-4-15(5-3-14)6-8-17-12-19-16(13-24-17)7-9-18-20(19)25-26-11-10-23-22(27)21(18)26/h2-5,12-13H,7,9-11H2,1H3,(H,23,27). The minimum Gasteiger partial charge on any atom is -0.349 e. The SMILES string of the molecule is Cc1ccc(C#Cc2cc3c(cn2)CCc2c-3nn3c2C(=O)NCC3)cc1. The molecule has 0 atom stereocenters. The molecular formula is C22H18N4O. The second-order valence-corrected chi connectivity index (χ2v) is 7.00. The molecule has 3 heterocycles. The van der Waals surface area contributed by atoms with E-state index in [-0.39, 0.29) is 5.91 Å². The summed E-state index contributed by atoms with van der Waals surface area (Å²) >= 11 is 0. The maximum absolute atomic E-state index is 12.3. The summed E-state index contributed by atoms with van der Waals surface area (Å²) < 4.78 is 1.84. The van der Waals surface area contributed by atoms with Crippen LogP contribution in [-0.2, 0) is 19.4 Å². The van der Waals surface area contributed by atoms with Gasteiger partial charge < -0.3 is 5.32 Å². The highest BCUT2D eigenvalue weighted by molar-refractivity contribution is 5.97. The third-order valence-corrected chi connectivity index (χ3v) is 5.15. The van der Waals surface area contributed by atoms with Crippen LogP contribution in [0.15, 0.2) is 36.5 Å². The van der Waals surface area contributed by atoms with Crippen molar-refractivity contribution in [3.05, 3.63) is 70.2 Å². The van der Waals surface area contributed by atoms with Gasteiger partial charge >= 0.3 is 0 Å². The maximum Gasteiger partial charge on any atom is 0.269 e. The van der Waals surface area contributed by atoms with Crippen LogP contribution in [0.5, 0.6) is 0 Å². The predicted octanol–water partition coefficient (Wildman–Crippen LogP) is 2.50. The number of carbonyl (C=O) groups is 1. The zero-order valence-corrected chi connectivity index (χ0v) is 15.0. The van der Waals surface area contributed by atoms with Crippen molar-refractivity contribution in [2.45, 2.75) is 26.3 Å². The van der Waals surface area contributed by atoms with Crippen molar-refractivity contribution < 1.29 is 4.79 Å². The summed E-state index contributed by atoms with van der Waals surface area (Å²) in [4.78, 5) is 16.8. The molecule has 2 aliphatic rings. The van der Waals surface area contributed by atoms with Crippen LogP contribution in [-0.4, -0.2) is 27.2 Å². The van der Waals surface area contributed by atoms with Gasteiger partial charge in [-0.2, -0.15) is 5.10 Å². The van der Waals surface area contributed by atoms with Crippen LogP contribution < -0.4 is 5.32 Å². The lowest BCUT2D eigenvalue weighted by atomic mass is 9.89. The fraction of sp³-hybridized carbons (Fsp3) is 0.227. The van der Waals surface area contributed by atoms with E-state index in [1.54, 1.807) is 0 Å². The third kappa shape index (κ3) is 2.70. The van der Waals surface area contributed by atoms with Crippen molar-refractivity contribution in [3.63, 3.8) is 0 Å². The summed E-state index contributed by atoms with van der Waals surface area (Å²) in [6, 6.07) is 10.1. The number of amides is 1. The molecule has 0 radical (unpaired) electrons. The molecule has 1 aromatic carbocycles. The number of nitrogens with one attached hydrogen (secondary N) is 1. The molecule has 1 aliphatic carbocycles. The Morgan fingerprint density at radius 2 is 2.00 bits per heavy atom. The van der Waals surface area contributed by atoms with Gasteiger partial charge in [0.25, 0.3) is 5.91 Å². The molecule has 1 amide bonds. The Kier molecular flexibility index (Phi) is 3.58. The van der Waals surface area contributed by atoms with E-state index in [4.69, 9.17) is 5.10 Å². The lowest BCUT2D eigenvalue weighted by Crippen LogP contribution is -2.36. The first-order valence-electron chi connectivity index (χ1n) is 9.15. The molecule has 0 fully saturated rings. The molecular weight excluding hydrogens is 336 g/mol. The first-order valence-corrected chi connectivity index (χ1v) is 9.15. The van der Waals surface area contributed by atoms with E-state index in [1.807, 2.05) is 29.1 Å². The van der Waals surface area contributed by atoms with Crippen LogP contribution in [0.4, 0.5) is 0 Å². The Morgan fingerprint density at radius 1 is 1.15 bits per heavy atom. The molecule has 3 aromatic rings. The first kappa shape index (κ1) is 15.8. The molecule has 2 aromatic heterocycles. The normalized spacial score (nSPS) is 14.3. The average Bonchev–Trinajstić information content (AvgIpc) is 3.08. The molecule has 5 heteroatoms. The minimum absolute atomic E-state index is 0.0214. The lowest BCUT2D eigenvalue weighted by molar-refractivity contribution is 0.0923. The number of aryl methyl sites for hydroxylation is 2. The van der Waals surface area contributed by atoms with Crippen molar-refractivity contribution in [2.24, 2.45) is 0 Å². The quantitative estimate of drug-likeness (QED) is 0.631. The second kappa shape index (κ2) is 6.10. The van der Waals surface area contributed by atoms with Crippen LogP contribution in [0.2, 0.25) is 0 Å². The minimum atomic E-state index is -0.0214. The highest BCUT2D eigenvalue weighted by Crippen LogP contribution is 2.35. The van der Waals surface area contributed by atoms with Gasteiger partial charge in [0.05, 0.1) is 12.2 Å². The summed E-state index contributed by atoms with van der Waals surface area (Å²) in [5, 5.41) is 7.65. The molecule has 0 saturated carbocycles. The third-order valence-electron chi connectivity index (χ3n) is 5.15. The van der Waals surface area contributed by atoms with Gasteiger partial charge in [-0.1, -0.05) is 23.6 Å². The van der Waals surface area contributed by atoms with Gasteiger partial charge in [-0.25, -0.2) is 4.98 Å². The van der Waals surface area contributed by atoms with Gasteiger partial charge in [0, 0.05) is 29.4 Å². The molecule has 0 bridgehead atoms. The zero-order chi connectivity index (χ0) is 18.4. The van der Waals surface area contributed by atoms with Gasteiger partial charge in [-0.05, 0) is 49.4 Å². The monoisotopic (exact) mass is 354 g/mol. The first-order chi connectivity index (χ1) is 13.2.